The van der Waals surface area contributed by atoms with Gasteiger partial charge in [-0.15, -0.1) is 11.3 Å². The molecule has 0 aliphatic rings. The number of rotatable bonds is 7. The summed E-state index contributed by atoms with van der Waals surface area (Å²) in [6.45, 7) is 4.03. The number of thiophene rings is 1. The summed E-state index contributed by atoms with van der Waals surface area (Å²) in [6, 6.07) is 3.44. The Hall–Kier alpha value is -0.430. The largest absolute Gasteiger partial charge is 0.396 e. The molecule has 6 heteroatoms. The lowest BCUT2D eigenvalue weighted by Crippen LogP contribution is -2.35. The molecule has 0 aliphatic heterocycles. The van der Waals surface area contributed by atoms with Gasteiger partial charge in [-0.25, -0.2) is 8.42 Å². The third kappa shape index (κ3) is 3.32. The summed E-state index contributed by atoms with van der Waals surface area (Å²) in [5, 5.41) is 8.85. The number of aliphatic hydroxyl groups is 1. The van der Waals surface area contributed by atoms with E-state index in [2.05, 4.69) is 0 Å². The maximum absolute atomic E-state index is 12.4. The molecule has 0 amide bonds. The fourth-order valence-electron chi connectivity index (χ4n) is 1.88. The van der Waals surface area contributed by atoms with E-state index in [0.717, 1.165) is 17.7 Å². The van der Waals surface area contributed by atoms with Crippen LogP contribution in [0.25, 0.3) is 0 Å². The second-order valence-electron chi connectivity index (χ2n) is 4.19. The van der Waals surface area contributed by atoms with Crippen molar-refractivity contribution >= 4 is 21.4 Å². The van der Waals surface area contributed by atoms with Crippen LogP contribution in [0, 0.1) is 0 Å². The molecule has 1 heterocycles. The number of hydrogen-bond acceptors (Lipinski definition) is 4. The van der Waals surface area contributed by atoms with Crippen molar-refractivity contribution in [1.82, 2.24) is 4.31 Å². The first-order valence-electron chi connectivity index (χ1n) is 6.14. The van der Waals surface area contributed by atoms with E-state index in [1.54, 1.807) is 19.2 Å². The molecule has 0 aliphatic carbocycles. The third-order valence-corrected chi connectivity index (χ3v) is 6.61. The maximum Gasteiger partial charge on any atom is 0.252 e. The van der Waals surface area contributed by atoms with Crippen molar-refractivity contribution in [3.05, 3.63) is 17.0 Å². The molecule has 1 N–H and O–H groups in total. The molecular weight excluding hydrogens is 270 g/mol. The molecule has 0 bridgehead atoms. The minimum Gasteiger partial charge on any atom is -0.396 e. The Balaban J connectivity index is 2.97. The van der Waals surface area contributed by atoms with Crippen molar-refractivity contribution in [2.75, 3.05) is 13.7 Å². The zero-order valence-electron chi connectivity index (χ0n) is 11.1. The number of hydrogen-bond donors (Lipinski definition) is 1. The van der Waals surface area contributed by atoms with E-state index in [1.807, 2.05) is 13.8 Å². The van der Waals surface area contributed by atoms with Gasteiger partial charge >= 0.3 is 0 Å². The quantitative estimate of drug-likeness (QED) is 0.837. The number of nitrogens with zero attached hydrogens (tertiary/aromatic N) is 1. The molecule has 1 aromatic rings. The predicted molar refractivity (Wildman–Crippen MR) is 74.4 cm³/mol. The van der Waals surface area contributed by atoms with Gasteiger partial charge in [-0.3, -0.25) is 0 Å². The van der Waals surface area contributed by atoms with Gasteiger partial charge in [0.25, 0.3) is 10.0 Å². The van der Waals surface area contributed by atoms with Gasteiger partial charge in [-0.1, -0.05) is 13.8 Å². The first-order chi connectivity index (χ1) is 8.47. The first kappa shape index (κ1) is 15.6. The van der Waals surface area contributed by atoms with Crippen LogP contribution in [0.1, 0.15) is 31.6 Å². The van der Waals surface area contributed by atoms with Crippen LogP contribution < -0.4 is 0 Å². The molecule has 0 atom stereocenters. The highest BCUT2D eigenvalue weighted by atomic mass is 32.2. The number of sulfonamides is 1. The molecule has 0 aromatic carbocycles. The van der Waals surface area contributed by atoms with E-state index in [0.29, 0.717) is 10.6 Å². The second-order valence-corrected chi connectivity index (χ2v) is 7.58. The lowest BCUT2D eigenvalue weighted by atomic mass is 10.2. The molecule has 18 heavy (non-hydrogen) atoms. The van der Waals surface area contributed by atoms with E-state index in [4.69, 9.17) is 5.11 Å². The summed E-state index contributed by atoms with van der Waals surface area (Å²) in [7, 11) is -1.75. The molecule has 0 unspecified atom stereocenters. The molecule has 4 nitrogen and oxygen atoms in total. The van der Waals surface area contributed by atoms with Crippen molar-refractivity contribution in [1.29, 1.82) is 0 Å². The Kier molecular flexibility index (Phi) is 5.78. The average molecular weight is 291 g/mol. The van der Waals surface area contributed by atoms with Crippen molar-refractivity contribution in [3.8, 4) is 0 Å². The van der Waals surface area contributed by atoms with Crippen molar-refractivity contribution in [2.45, 2.75) is 43.4 Å². The molecular formula is C12H21NO3S2. The van der Waals surface area contributed by atoms with E-state index in [1.165, 1.54) is 15.6 Å². The van der Waals surface area contributed by atoms with Gasteiger partial charge in [0.2, 0.25) is 0 Å². The highest BCUT2D eigenvalue weighted by Gasteiger charge is 2.27. The van der Waals surface area contributed by atoms with Gasteiger partial charge in [0.15, 0.2) is 0 Å². The standard InChI is InChI=1S/C12H21NO3S2/c1-4-10(5-2)13(3)18(15,16)12-7-6-11(17-12)8-9-14/h6-7,10,14H,4-5,8-9H2,1-3H3. The Morgan fingerprint density at radius 3 is 2.44 bits per heavy atom. The minimum atomic E-state index is -3.39. The monoisotopic (exact) mass is 291 g/mol. The smallest absolute Gasteiger partial charge is 0.252 e. The van der Waals surface area contributed by atoms with Crippen LogP contribution in [0.5, 0.6) is 0 Å². The average Bonchev–Trinajstić information content (AvgIpc) is 2.80. The van der Waals surface area contributed by atoms with E-state index in [9.17, 15) is 8.42 Å². The predicted octanol–water partition coefficient (Wildman–Crippen LogP) is 2.09. The van der Waals surface area contributed by atoms with E-state index in [-0.39, 0.29) is 12.6 Å². The van der Waals surface area contributed by atoms with Crippen molar-refractivity contribution in [3.63, 3.8) is 0 Å². The molecule has 0 saturated heterocycles. The van der Waals surface area contributed by atoms with E-state index < -0.39 is 10.0 Å². The minimum absolute atomic E-state index is 0.0402. The molecule has 0 spiro atoms. The van der Waals surface area contributed by atoms with E-state index >= 15 is 0 Å². The Morgan fingerprint density at radius 2 is 1.94 bits per heavy atom. The summed E-state index contributed by atoms with van der Waals surface area (Å²) < 4.78 is 26.6. The van der Waals surface area contributed by atoms with Crippen LogP contribution in [0.15, 0.2) is 16.3 Å². The molecule has 1 rings (SSSR count). The first-order valence-corrected chi connectivity index (χ1v) is 8.40. The van der Waals surface area contributed by atoms with Gasteiger partial charge < -0.3 is 5.11 Å². The SMILES string of the molecule is CCC(CC)N(C)S(=O)(=O)c1ccc(CCO)s1. The molecule has 1 aromatic heterocycles. The summed E-state index contributed by atoms with van der Waals surface area (Å²) in [5.41, 5.74) is 0. The zero-order chi connectivity index (χ0) is 13.8. The van der Waals surface area contributed by atoms with Crippen LogP contribution in [0.4, 0.5) is 0 Å². The van der Waals surface area contributed by atoms with Crippen molar-refractivity contribution in [2.24, 2.45) is 0 Å². The van der Waals surface area contributed by atoms with Crippen LogP contribution in [-0.4, -0.2) is 37.5 Å². The van der Waals surface area contributed by atoms with Crippen LogP contribution in [0.2, 0.25) is 0 Å². The fourth-order valence-corrected chi connectivity index (χ4v) is 4.92. The summed E-state index contributed by atoms with van der Waals surface area (Å²) in [6.07, 6.45) is 2.12. The van der Waals surface area contributed by atoms with Crippen LogP contribution in [-0.2, 0) is 16.4 Å². The molecule has 0 saturated carbocycles. The Morgan fingerprint density at radius 1 is 1.33 bits per heavy atom. The van der Waals surface area contributed by atoms with Gasteiger partial charge in [-0.05, 0) is 25.0 Å². The Bertz CT molecular complexity index is 463. The summed E-state index contributed by atoms with van der Waals surface area (Å²) in [5.74, 6) is 0. The van der Waals surface area contributed by atoms with Gasteiger partial charge in [-0.2, -0.15) is 4.31 Å². The third-order valence-electron chi connectivity index (χ3n) is 3.09. The topological polar surface area (TPSA) is 57.6 Å². The lowest BCUT2D eigenvalue weighted by molar-refractivity contribution is 0.300. The highest BCUT2D eigenvalue weighted by molar-refractivity contribution is 7.91. The van der Waals surface area contributed by atoms with Gasteiger partial charge in [0, 0.05) is 31.0 Å². The number of aliphatic hydroxyl groups excluding tert-OH is 1. The molecule has 0 radical (unpaired) electrons. The summed E-state index contributed by atoms with van der Waals surface area (Å²) >= 11 is 1.24. The van der Waals surface area contributed by atoms with Crippen LogP contribution in [0.3, 0.4) is 0 Å². The Labute approximate surface area is 113 Å². The molecule has 0 fully saturated rings. The van der Waals surface area contributed by atoms with Crippen LogP contribution >= 0.6 is 11.3 Å². The fraction of sp³-hybridized carbons (Fsp3) is 0.667. The van der Waals surface area contributed by atoms with Gasteiger partial charge in [0.05, 0.1) is 0 Å². The molecule has 104 valence electrons. The highest BCUT2D eigenvalue weighted by Crippen LogP contribution is 2.26. The lowest BCUT2D eigenvalue weighted by Gasteiger charge is -2.24. The van der Waals surface area contributed by atoms with Crippen molar-refractivity contribution < 1.29 is 13.5 Å². The normalized spacial score (nSPS) is 12.6. The summed E-state index contributed by atoms with van der Waals surface area (Å²) in [4.78, 5) is 0.897. The second kappa shape index (κ2) is 6.65. The van der Waals surface area contributed by atoms with Gasteiger partial charge in [0.1, 0.15) is 4.21 Å². The zero-order valence-corrected chi connectivity index (χ0v) is 12.7. The maximum atomic E-state index is 12.4.